The molecule has 3 heterocycles. The van der Waals surface area contributed by atoms with Crippen LogP contribution in [0.15, 0.2) is 138 Å². The monoisotopic (exact) mass is 971 g/mol. The van der Waals surface area contributed by atoms with E-state index in [0.29, 0.717) is 65.9 Å². The van der Waals surface area contributed by atoms with Gasteiger partial charge in [0, 0.05) is 23.9 Å². The van der Waals surface area contributed by atoms with Crippen molar-refractivity contribution in [2.75, 3.05) is 12.3 Å². The summed E-state index contributed by atoms with van der Waals surface area (Å²) < 4.78 is 49.1. The third-order valence-corrected chi connectivity index (χ3v) is 14.9. The van der Waals surface area contributed by atoms with Crippen molar-refractivity contribution in [3.63, 3.8) is 0 Å². The molecule has 4 N–H and O–H groups in total. The van der Waals surface area contributed by atoms with E-state index in [2.05, 4.69) is 16.4 Å². The van der Waals surface area contributed by atoms with Gasteiger partial charge in [-0.1, -0.05) is 89.9 Å². The number of hydrogen-bond donors (Lipinski definition) is 3. The van der Waals surface area contributed by atoms with Gasteiger partial charge >= 0.3 is 5.97 Å². The van der Waals surface area contributed by atoms with E-state index in [1.165, 1.54) is 23.5 Å². The van der Waals surface area contributed by atoms with Crippen molar-refractivity contribution < 1.29 is 37.3 Å². The molecule has 0 bridgehead atoms. The van der Waals surface area contributed by atoms with E-state index in [0.717, 1.165) is 26.6 Å². The van der Waals surface area contributed by atoms with Gasteiger partial charge in [-0.2, -0.15) is 9.57 Å². The van der Waals surface area contributed by atoms with E-state index in [1.807, 2.05) is 54.6 Å². The average molecular weight is 973 g/mol. The molecule has 338 valence electrons. The number of hydrogen-bond acceptors (Lipinski definition) is 11. The molecule has 0 fully saturated rings. The first-order chi connectivity index (χ1) is 32.3. The van der Waals surface area contributed by atoms with Crippen molar-refractivity contribution in [1.82, 2.24) is 14.6 Å². The fourth-order valence-corrected chi connectivity index (χ4v) is 10.4. The van der Waals surface area contributed by atoms with Crippen molar-refractivity contribution >= 4 is 61.6 Å². The number of nitrogen functional groups attached to an aromatic ring is 1. The first-order valence-corrected chi connectivity index (χ1v) is 24.0. The molecular formula is C50H39Cl2N5O8S2. The van der Waals surface area contributed by atoms with Gasteiger partial charge in [-0.05, 0) is 106 Å². The van der Waals surface area contributed by atoms with Crippen LogP contribution in [-0.4, -0.2) is 53.4 Å². The van der Waals surface area contributed by atoms with E-state index in [4.69, 9.17) is 48.4 Å². The number of aliphatic carboxylic acids is 1. The molecule has 0 spiro atoms. The minimum absolute atomic E-state index is 0.0677. The summed E-state index contributed by atoms with van der Waals surface area (Å²) in [6, 6.07) is 36.0. The number of sulfonamides is 1. The number of nitrogens with one attached hydrogen (secondary N) is 1. The number of anilines is 1. The largest absolute Gasteiger partial charge is 0.489 e. The van der Waals surface area contributed by atoms with Crippen molar-refractivity contribution in [2.45, 2.75) is 49.1 Å². The molecule has 3 atom stereocenters. The molecule has 1 amide bonds. The summed E-state index contributed by atoms with van der Waals surface area (Å²) >= 11 is 13.5. The molecule has 0 saturated heterocycles. The third-order valence-electron chi connectivity index (χ3n) is 11.6. The van der Waals surface area contributed by atoms with Crippen LogP contribution in [0.1, 0.15) is 39.5 Å². The molecule has 1 aromatic heterocycles. The first-order valence-electron chi connectivity index (χ1n) is 20.9. The molecule has 13 nitrogen and oxygen atoms in total. The van der Waals surface area contributed by atoms with Crippen LogP contribution in [-0.2, 0) is 45.6 Å². The van der Waals surface area contributed by atoms with Gasteiger partial charge < -0.3 is 30.4 Å². The number of amides is 1. The number of thiazole rings is 1. The van der Waals surface area contributed by atoms with Gasteiger partial charge in [0.25, 0.3) is 0 Å². The number of fused-ring (bicyclic) bond motifs is 2. The van der Waals surface area contributed by atoms with Crippen molar-refractivity contribution in [3.8, 4) is 45.7 Å². The predicted molar refractivity (Wildman–Crippen MR) is 255 cm³/mol. The molecular weight excluding hydrogens is 934 g/mol. The molecule has 7 aromatic rings. The van der Waals surface area contributed by atoms with E-state index < -0.39 is 40.1 Å². The number of aromatic nitrogens is 1. The van der Waals surface area contributed by atoms with Gasteiger partial charge in [-0.25, -0.2) is 18.2 Å². The fraction of sp³-hybridized carbons (Fsp3) is 0.160. The highest BCUT2D eigenvalue weighted by Crippen LogP contribution is 2.42. The van der Waals surface area contributed by atoms with Gasteiger partial charge in [0.1, 0.15) is 31.0 Å². The number of carbonyl (C=O) groups excluding carboxylic acids is 1. The maximum atomic E-state index is 14.7. The number of rotatable bonds is 13. The Hall–Kier alpha value is -6.93. The van der Waals surface area contributed by atoms with Gasteiger partial charge in [0.05, 0.1) is 32.3 Å². The normalized spacial score (nSPS) is 16.0. The summed E-state index contributed by atoms with van der Waals surface area (Å²) in [5.74, 6) is -0.595. The highest BCUT2D eigenvalue weighted by atomic mass is 35.5. The highest BCUT2D eigenvalue weighted by Gasteiger charge is 2.42. The maximum absolute atomic E-state index is 14.7. The Kier molecular flexibility index (Phi) is 12.9. The van der Waals surface area contributed by atoms with E-state index >= 15 is 0 Å². The second kappa shape index (κ2) is 19.1. The topological polar surface area (TPSA) is 194 Å². The molecule has 9 rings (SSSR count). The van der Waals surface area contributed by atoms with Crippen LogP contribution in [0.4, 0.5) is 5.13 Å². The molecule has 2 aliphatic rings. The second-order valence-corrected chi connectivity index (χ2v) is 19.5. The zero-order chi connectivity index (χ0) is 46.8. The van der Waals surface area contributed by atoms with Crippen LogP contribution in [0.2, 0.25) is 10.0 Å². The van der Waals surface area contributed by atoms with Gasteiger partial charge in [0.15, 0.2) is 22.7 Å². The molecule has 67 heavy (non-hydrogen) atoms. The zero-order valence-electron chi connectivity index (χ0n) is 35.3. The second-order valence-electron chi connectivity index (χ2n) is 15.9. The Morgan fingerprint density at radius 3 is 2.21 bits per heavy atom. The van der Waals surface area contributed by atoms with Crippen LogP contribution in [0.25, 0.3) is 22.4 Å². The fourth-order valence-electron chi connectivity index (χ4n) is 7.97. The minimum atomic E-state index is -4.38. The molecule has 0 saturated carbocycles. The van der Waals surface area contributed by atoms with E-state index in [1.54, 1.807) is 66.0 Å². The van der Waals surface area contributed by atoms with Gasteiger partial charge in [0.2, 0.25) is 15.9 Å². The number of nitriles is 1. The van der Waals surface area contributed by atoms with Crippen LogP contribution in [0.3, 0.4) is 0 Å². The van der Waals surface area contributed by atoms with Crippen LogP contribution >= 0.6 is 34.5 Å². The van der Waals surface area contributed by atoms with Gasteiger partial charge in [-0.3, -0.25) is 4.79 Å². The summed E-state index contributed by atoms with van der Waals surface area (Å²) in [6.07, 6.45) is -0.642. The number of nitrogens with two attached hydrogens (primary N) is 1. The zero-order valence-corrected chi connectivity index (χ0v) is 38.4. The number of halogens is 2. The SMILES string of the molecule is N#Cc1ccc(-c2ccc(CC(NC(=O)C3Cc4cc5c(cc4CN3S(=O)(=O)c3ccc(-c4csc(N)n4)cc3)OC(c3ccc(OCc4ccc(Cl)c(Cl)c4)cc3)CO5)C(=O)O)cc2)cc1. The quantitative estimate of drug-likeness (QED) is 0.0997. The van der Waals surface area contributed by atoms with Crippen molar-refractivity contribution in [1.29, 1.82) is 5.26 Å². The lowest BCUT2D eigenvalue weighted by atomic mass is 9.93. The molecule has 17 heteroatoms. The molecule has 6 aromatic carbocycles. The summed E-state index contributed by atoms with van der Waals surface area (Å²) in [5.41, 5.74) is 12.9. The first kappa shape index (κ1) is 45.2. The summed E-state index contributed by atoms with van der Waals surface area (Å²) in [5, 5.41) is 25.2. The minimum Gasteiger partial charge on any atom is -0.489 e. The van der Waals surface area contributed by atoms with Crippen LogP contribution < -0.4 is 25.3 Å². The summed E-state index contributed by atoms with van der Waals surface area (Å²) in [6.45, 7) is 0.247. The van der Waals surface area contributed by atoms with E-state index in [-0.39, 0.29) is 37.5 Å². The Morgan fingerprint density at radius 1 is 0.881 bits per heavy atom. The predicted octanol–water partition coefficient (Wildman–Crippen LogP) is 9.26. The third kappa shape index (κ3) is 9.95. The summed E-state index contributed by atoms with van der Waals surface area (Å²) in [7, 11) is -4.38. The number of carboxylic acid groups (broad SMARTS) is 1. The Labute approximate surface area is 400 Å². The number of ether oxygens (including phenoxy) is 3. The Balaban J connectivity index is 0.953. The van der Waals surface area contributed by atoms with Crippen molar-refractivity contribution in [2.24, 2.45) is 0 Å². The standard InChI is InChI=1S/C50H39Cl2N5O8S2/c51-40-18-5-31(19-41(40)52)26-63-38-14-10-35(11-15-38)47-27-64-45-22-36-21-44(48(58)55-42(49(59)60)20-29-1-6-32(7-2-29)33-8-3-30(24-53)4-9-33)57(25-37(36)23-46(45)65-47)67(61,62)39-16-12-34(13-17-39)43-28-66-50(54)56-43/h1-19,22-23,28,42,44,47H,20-21,25-27H2,(H2,54,56)(H,55,58)(H,59,60). The van der Waals surface area contributed by atoms with Crippen LogP contribution in [0.5, 0.6) is 17.2 Å². The van der Waals surface area contributed by atoms with E-state index in [9.17, 15) is 23.1 Å². The number of benzene rings is 6. The molecule has 2 aliphatic heterocycles. The average Bonchev–Trinajstić information content (AvgIpc) is 3.79. The molecule has 0 radical (unpaired) electrons. The molecule has 3 unspecified atom stereocenters. The Bertz CT molecular complexity index is 3140. The smallest absolute Gasteiger partial charge is 0.326 e. The number of nitrogens with zero attached hydrogens (tertiary/aromatic N) is 3. The van der Waals surface area contributed by atoms with Crippen molar-refractivity contribution in [3.05, 3.63) is 176 Å². The maximum Gasteiger partial charge on any atom is 0.326 e. The number of carbonyl (C=O) groups is 2. The number of carboxylic acids is 1. The van der Waals surface area contributed by atoms with Crippen LogP contribution in [0, 0.1) is 11.3 Å². The van der Waals surface area contributed by atoms with Gasteiger partial charge in [-0.15, -0.1) is 11.3 Å². The highest BCUT2D eigenvalue weighted by molar-refractivity contribution is 7.89. The lowest BCUT2D eigenvalue weighted by molar-refractivity contribution is -0.142. The lowest BCUT2D eigenvalue weighted by Crippen LogP contribution is -2.55. The molecule has 0 aliphatic carbocycles. The Morgan fingerprint density at radius 2 is 1.55 bits per heavy atom. The lowest BCUT2D eigenvalue weighted by Gasteiger charge is -2.37. The summed E-state index contributed by atoms with van der Waals surface area (Å²) in [4.78, 5) is 31.3.